The predicted molar refractivity (Wildman–Crippen MR) is 221 cm³/mol. The Balaban J connectivity index is 1.24. The first-order chi connectivity index (χ1) is 25.8. The number of thiophene rings is 1. The van der Waals surface area contributed by atoms with Crippen LogP contribution in [0.5, 0.6) is 0 Å². The lowest BCUT2D eigenvalue weighted by Gasteiger charge is -2.14. The molecule has 0 fully saturated rings. The highest BCUT2D eigenvalue weighted by Crippen LogP contribution is 2.43. The van der Waals surface area contributed by atoms with Crippen molar-refractivity contribution in [3.63, 3.8) is 0 Å². The van der Waals surface area contributed by atoms with E-state index in [4.69, 9.17) is 9.97 Å². The van der Waals surface area contributed by atoms with E-state index in [9.17, 15) is 0 Å². The summed E-state index contributed by atoms with van der Waals surface area (Å²) in [6, 6.07) is 63.1. The van der Waals surface area contributed by atoms with Crippen molar-refractivity contribution in [3.05, 3.63) is 176 Å². The highest BCUT2D eigenvalue weighted by Gasteiger charge is 2.21. The summed E-state index contributed by atoms with van der Waals surface area (Å²) in [5.74, 6) is 0.663. The van der Waals surface area contributed by atoms with Crippen LogP contribution in [0.2, 0.25) is 0 Å². The molecule has 3 nitrogen and oxygen atoms in total. The Hall–Kier alpha value is -6.62. The van der Waals surface area contributed by atoms with E-state index >= 15 is 0 Å². The topological polar surface area (TPSA) is 30.7 Å². The zero-order valence-corrected chi connectivity index (χ0v) is 28.8. The van der Waals surface area contributed by atoms with Crippen LogP contribution in [0.4, 0.5) is 0 Å². The molecule has 0 atom stereocenters. The maximum absolute atomic E-state index is 5.59. The molecular formula is C48H29N3S. The first-order valence-corrected chi connectivity index (χ1v) is 18.4. The molecule has 0 aliphatic carbocycles. The van der Waals surface area contributed by atoms with Crippen LogP contribution in [0, 0.1) is 0 Å². The molecule has 0 saturated carbocycles. The van der Waals surface area contributed by atoms with Crippen molar-refractivity contribution in [1.82, 2.24) is 14.5 Å². The van der Waals surface area contributed by atoms with Gasteiger partial charge in [-0.2, -0.15) is 0 Å². The number of hydrogen-bond donors (Lipinski definition) is 0. The first kappa shape index (κ1) is 29.1. The average molecular weight is 680 g/mol. The number of nitrogens with zero attached hydrogens (tertiary/aromatic N) is 3. The van der Waals surface area contributed by atoms with Crippen molar-refractivity contribution in [2.45, 2.75) is 0 Å². The Bertz CT molecular complexity index is 3180. The van der Waals surface area contributed by atoms with Crippen LogP contribution in [0.15, 0.2) is 176 Å². The molecule has 0 aliphatic heterocycles. The molecule has 11 rings (SSSR count). The number of aromatic nitrogens is 3. The average Bonchev–Trinajstić information content (AvgIpc) is 3.75. The Morgan fingerprint density at radius 3 is 1.83 bits per heavy atom. The molecule has 0 spiro atoms. The summed E-state index contributed by atoms with van der Waals surface area (Å²) in [6.45, 7) is 0. The summed E-state index contributed by atoms with van der Waals surface area (Å²) < 4.78 is 4.78. The Morgan fingerprint density at radius 2 is 1.04 bits per heavy atom. The lowest BCUT2D eigenvalue weighted by atomic mass is 9.99. The summed E-state index contributed by atoms with van der Waals surface area (Å²) in [4.78, 5) is 11.0. The standard InChI is InChI=1S/C48H29N3S/c1-3-12-30(13-4-1)34-22-24-42-41(28-34)46(38-20-11-19-37-36-18-9-10-21-45(36)52-47(37)38)50-48(49-42)51-43-25-23-35(31-14-5-2-6-15-31)27-39(43)40-26-32-16-7-8-17-33(32)29-44(40)51/h1-29H. The maximum atomic E-state index is 5.59. The fraction of sp³-hybridized carbons (Fsp3) is 0. The first-order valence-electron chi connectivity index (χ1n) is 17.6. The molecule has 0 aliphatic rings. The quantitative estimate of drug-likeness (QED) is 0.185. The molecule has 0 bridgehead atoms. The van der Waals surface area contributed by atoms with Gasteiger partial charge in [-0.3, -0.25) is 4.57 Å². The maximum Gasteiger partial charge on any atom is 0.235 e. The van der Waals surface area contributed by atoms with Gasteiger partial charge in [0.2, 0.25) is 5.95 Å². The highest BCUT2D eigenvalue weighted by atomic mass is 32.1. The van der Waals surface area contributed by atoms with Gasteiger partial charge in [-0.25, -0.2) is 9.97 Å². The fourth-order valence-corrected chi connectivity index (χ4v) is 9.11. The van der Waals surface area contributed by atoms with E-state index in [-0.39, 0.29) is 0 Å². The van der Waals surface area contributed by atoms with Gasteiger partial charge in [0.15, 0.2) is 0 Å². The molecule has 3 aromatic heterocycles. The summed E-state index contributed by atoms with van der Waals surface area (Å²) in [6.07, 6.45) is 0. The summed E-state index contributed by atoms with van der Waals surface area (Å²) in [5.41, 5.74) is 9.83. The molecule has 8 aromatic carbocycles. The second-order valence-electron chi connectivity index (χ2n) is 13.4. The lowest BCUT2D eigenvalue weighted by Crippen LogP contribution is -2.03. The van der Waals surface area contributed by atoms with E-state index in [0.717, 1.165) is 38.8 Å². The molecule has 0 saturated heterocycles. The van der Waals surface area contributed by atoms with E-state index in [2.05, 4.69) is 180 Å². The normalized spacial score (nSPS) is 11.8. The minimum absolute atomic E-state index is 0.663. The van der Waals surface area contributed by atoms with Crippen molar-refractivity contribution in [2.24, 2.45) is 0 Å². The predicted octanol–water partition coefficient (Wildman–Crippen LogP) is 13.2. The molecule has 4 heteroatoms. The zero-order valence-electron chi connectivity index (χ0n) is 28.0. The Kier molecular flexibility index (Phi) is 6.42. The molecular weight excluding hydrogens is 651 g/mol. The van der Waals surface area contributed by atoms with Gasteiger partial charge < -0.3 is 0 Å². The van der Waals surface area contributed by atoms with Crippen molar-refractivity contribution in [1.29, 1.82) is 0 Å². The van der Waals surface area contributed by atoms with Gasteiger partial charge in [0.25, 0.3) is 0 Å². The fourth-order valence-electron chi connectivity index (χ4n) is 7.90. The van der Waals surface area contributed by atoms with E-state index in [1.165, 1.54) is 58.4 Å². The van der Waals surface area contributed by atoms with Gasteiger partial charge in [-0.1, -0.05) is 133 Å². The molecule has 11 aromatic rings. The van der Waals surface area contributed by atoms with E-state index in [0.29, 0.717) is 5.95 Å². The SMILES string of the molecule is c1ccc(-c2ccc3nc(-n4c5ccc(-c6ccccc6)cc5c5cc6ccccc6cc54)nc(-c4cccc5c4sc4ccccc45)c3c2)cc1. The van der Waals surface area contributed by atoms with Gasteiger partial charge in [0.1, 0.15) is 0 Å². The van der Waals surface area contributed by atoms with Crippen LogP contribution in [0.3, 0.4) is 0 Å². The molecule has 0 radical (unpaired) electrons. The third kappa shape index (κ3) is 4.51. The van der Waals surface area contributed by atoms with Crippen molar-refractivity contribution in [3.8, 4) is 39.5 Å². The van der Waals surface area contributed by atoms with Crippen LogP contribution >= 0.6 is 11.3 Å². The number of benzene rings is 8. The molecule has 242 valence electrons. The lowest BCUT2D eigenvalue weighted by molar-refractivity contribution is 1.01. The van der Waals surface area contributed by atoms with Crippen LogP contribution in [0.25, 0.3) is 103 Å². The molecule has 0 N–H and O–H groups in total. The van der Waals surface area contributed by atoms with E-state index in [1.807, 2.05) is 11.3 Å². The second kappa shape index (κ2) is 11.5. The van der Waals surface area contributed by atoms with Crippen molar-refractivity contribution >= 4 is 75.0 Å². The van der Waals surface area contributed by atoms with Gasteiger partial charge in [0.05, 0.1) is 22.2 Å². The van der Waals surface area contributed by atoms with Gasteiger partial charge in [0, 0.05) is 41.9 Å². The van der Waals surface area contributed by atoms with Crippen LogP contribution in [0.1, 0.15) is 0 Å². The van der Waals surface area contributed by atoms with Gasteiger partial charge >= 0.3 is 0 Å². The summed E-state index contributed by atoms with van der Waals surface area (Å²) in [7, 11) is 0. The molecule has 0 amide bonds. The minimum Gasteiger partial charge on any atom is -0.278 e. The summed E-state index contributed by atoms with van der Waals surface area (Å²) in [5, 5.41) is 8.32. The molecule has 52 heavy (non-hydrogen) atoms. The van der Waals surface area contributed by atoms with E-state index in [1.54, 1.807) is 0 Å². The number of rotatable bonds is 4. The van der Waals surface area contributed by atoms with Crippen LogP contribution in [-0.2, 0) is 0 Å². The Morgan fingerprint density at radius 1 is 0.404 bits per heavy atom. The van der Waals surface area contributed by atoms with Gasteiger partial charge in [-0.05, 0) is 75.5 Å². The number of hydrogen-bond acceptors (Lipinski definition) is 3. The van der Waals surface area contributed by atoms with Crippen molar-refractivity contribution < 1.29 is 0 Å². The summed E-state index contributed by atoms with van der Waals surface area (Å²) >= 11 is 1.83. The van der Waals surface area contributed by atoms with Crippen LogP contribution < -0.4 is 0 Å². The number of fused-ring (bicyclic) bond motifs is 8. The highest BCUT2D eigenvalue weighted by molar-refractivity contribution is 7.26. The smallest absolute Gasteiger partial charge is 0.235 e. The van der Waals surface area contributed by atoms with Crippen LogP contribution in [-0.4, -0.2) is 14.5 Å². The van der Waals surface area contributed by atoms with Crippen molar-refractivity contribution in [2.75, 3.05) is 0 Å². The minimum atomic E-state index is 0.663. The third-order valence-electron chi connectivity index (χ3n) is 10.4. The van der Waals surface area contributed by atoms with Gasteiger partial charge in [-0.15, -0.1) is 11.3 Å². The van der Waals surface area contributed by atoms with E-state index < -0.39 is 0 Å². The Labute approximate surface area is 303 Å². The second-order valence-corrected chi connectivity index (χ2v) is 14.5. The third-order valence-corrected chi connectivity index (χ3v) is 11.6. The molecule has 3 heterocycles. The largest absolute Gasteiger partial charge is 0.278 e. The zero-order chi connectivity index (χ0) is 34.2. The monoisotopic (exact) mass is 679 g/mol. The molecule has 0 unspecified atom stereocenters.